The van der Waals surface area contributed by atoms with Crippen molar-refractivity contribution in [1.82, 2.24) is 21.5 Å². The van der Waals surface area contributed by atoms with Gasteiger partial charge in [0.1, 0.15) is 12.3 Å². The molecule has 1 heterocycles. The van der Waals surface area contributed by atoms with Crippen molar-refractivity contribution in [2.45, 2.75) is 101 Å². The van der Waals surface area contributed by atoms with Crippen LogP contribution in [0, 0.1) is 11.8 Å². The van der Waals surface area contributed by atoms with Crippen molar-refractivity contribution in [1.29, 1.82) is 0 Å². The quantitative estimate of drug-likeness (QED) is 0.267. The van der Waals surface area contributed by atoms with Gasteiger partial charge in [0.2, 0.25) is 5.91 Å². The van der Waals surface area contributed by atoms with Gasteiger partial charge in [-0.15, -0.1) is 11.6 Å². The number of amides is 1. The van der Waals surface area contributed by atoms with Crippen LogP contribution < -0.4 is 21.5 Å². The molecular weight excluding hydrogens is 421 g/mol. The molecule has 2 aliphatic carbocycles. The lowest BCUT2D eigenvalue weighted by atomic mass is 9.82. The fourth-order valence-electron chi connectivity index (χ4n) is 4.80. The van der Waals surface area contributed by atoms with E-state index in [4.69, 9.17) is 21.3 Å². The van der Waals surface area contributed by atoms with Crippen molar-refractivity contribution in [3.63, 3.8) is 0 Å². The van der Waals surface area contributed by atoms with E-state index in [0.29, 0.717) is 37.9 Å². The maximum atomic E-state index is 13.5. The van der Waals surface area contributed by atoms with Gasteiger partial charge in [-0.3, -0.25) is 15.5 Å². The summed E-state index contributed by atoms with van der Waals surface area (Å²) in [5.41, 5.74) is 6.60. The molecule has 3 atom stereocenters. The highest BCUT2D eigenvalue weighted by atomic mass is 35.5. The summed E-state index contributed by atoms with van der Waals surface area (Å²) in [4.78, 5) is 17.6. The van der Waals surface area contributed by atoms with Crippen molar-refractivity contribution in [3.8, 4) is 0 Å². The van der Waals surface area contributed by atoms with Crippen molar-refractivity contribution in [3.05, 3.63) is 0 Å². The second-order valence-electron chi connectivity index (χ2n) is 9.28. The molecule has 3 rings (SSSR count). The number of hydrazine groups is 1. The second-order valence-corrected chi connectivity index (χ2v) is 9.90. The van der Waals surface area contributed by atoms with Gasteiger partial charge < -0.3 is 10.1 Å². The SMILES string of the molecule is CCOC[C@H](C)N/C(=N/C1CC(C2CCC(F)CC2)NN1)NC(=O)C1CCC(Cl)CC1. The summed E-state index contributed by atoms with van der Waals surface area (Å²) in [7, 11) is 0. The van der Waals surface area contributed by atoms with Crippen molar-refractivity contribution < 1.29 is 13.9 Å². The molecule has 178 valence electrons. The van der Waals surface area contributed by atoms with Gasteiger partial charge in [0, 0.05) is 36.4 Å². The fourth-order valence-corrected chi connectivity index (χ4v) is 5.05. The van der Waals surface area contributed by atoms with Crippen LogP contribution in [0.1, 0.15) is 71.6 Å². The van der Waals surface area contributed by atoms with Crippen LogP contribution in [-0.4, -0.2) is 54.9 Å². The van der Waals surface area contributed by atoms with Crippen molar-refractivity contribution in [2.75, 3.05) is 13.2 Å². The number of halogens is 2. The number of nitrogens with one attached hydrogen (secondary N) is 4. The molecule has 2 unspecified atom stereocenters. The highest BCUT2D eigenvalue weighted by Crippen LogP contribution is 2.31. The van der Waals surface area contributed by atoms with E-state index in [1.165, 1.54) is 0 Å². The van der Waals surface area contributed by atoms with Gasteiger partial charge in [0.05, 0.1) is 6.61 Å². The Labute approximate surface area is 190 Å². The first-order chi connectivity index (χ1) is 14.9. The normalized spacial score (nSPS) is 35.5. The number of rotatable bonds is 7. The van der Waals surface area contributed by atoms with Gasteiger partial charge in [0.15, 0.2) is 5.96 Å². The van der Waals surface area contributed by atoms with Crippen LogP contribution in [0.25, 0.3) is 0 Å². The molecule has 0 bridgehead atoms. The van der Waals surface area contributed by atoms with E-state index in [1.54, 1.807) is 0 Å². The lowest BCUT2D eigenvalue weighted by Crippen LogP contribution is -2.49. The predicted molar refractivity (Wildman–Crippen MR) is 122 cm³/mol. The molecule has 2 saturated carbocycles. The zero-order chi connectivity index (χ0) is 22.2. The Morgan fingerprint density at radius 1 is 1.16 bits per heavy atom. The van der Waals surface area contributed by atoms with Gasteiger partial charge in [-0.2, -0.15) is 0 Å². The van der Waals surface area contributed by atoms with Crippen LogP contribution in [0.15, 0.2) is 4.99 Å². The molecule has 9 heteroatoms. The maximum Gasteiger partial charge on any atom is 0.229 e. The van der Waals surface area contributed by atoms with Crippen LogP contribution in [0.3, 0.4) is 0 Å². The van der Waals surface area contributed by atoms with E-state index in [2.05, 4.69) is 21.5 Å². The van der Waals surface area contributed by atoms with Gasteiger partial charge in [0.25, 0.3) is 0 Å². The first-order valence-corrected chi connectivity index (χ1v) is 12.4. The van der Waals surface area contributed by atoms with E-state index in [1.807, 2.05) is 13.8 Å². The number of hydrogen-bond acceptors (Lipinski definition) is 5. The molecular formula is C22H39ClFN5O2. The molecule has 7 nitrogen and oxygen atoms in total. The summed E-state index contributed by atoms with van der Waals surface area (Å²) >= 11 is 6.19. The van der Waals surface area contributed by atoms with Gasteiger partial charge in [-0.1, -0.05) is 0 Å². The Morgan fingerprint density at radius 3 is 2.55 bits per heavy atom. The van der Waals surface area contributed by atoms with E-state index in [9.17, 15) is 9.18 Å². The van der Waals surface area contributed by atoms with Crippen LogP contribution in [0.2, 0.25) is 0 Å². The largest absolute Gasteiger partial charge is 0.380 e. The zero-order valence-electron chi connectivity index (χ0n) is 18.8. The van der Waals surface area contributed by atoms with E-state index >= 15 is 0 Å². The van der Waals surface area contributed by atoms with Crippen LogP contribution >= 0.6 is 11.6 Å². The zero-order valence-corrected chi connectivity index (χ0v) is 19.6. The number of alkyl halides is 2. The molecule has 0 aromatic heterocycles. The first-order valence-electron chi connectivity index (χ1n) is 12.0. The topological polar surface area (TPSA) is 86.8 Å². The van der Waals surface area contributed by atoms with Gasteiger partial charge in [-0.25, -0.2) is 14.8 Å². The summed E-state index contributed by atoms with van der Waals surface area (Å²) in [6, 6.07) is 0.292. The van der Waals surface area contributed by atoms with Crippen LogP contribution in [0.4, 0.5) is 4.39 Å². The molecule has 1 amide bonds. The Balaban J connectivity index is 1.58. The smallest absolute Gasteiger partial charge is 0.229 e. The van der Waals surface area contributed by atoms with E-state index in [-0.39, 0.29) is 35.5 Å². The Morgan fingerprint density at radius 2 is 1.87 bits per heavy atom. The summed E-state index contributed by atoms with van der Waals surface area (Å²) in [5.74, 6) is 0.927. The highest BCUT2D eigenvalue weighted by molar-refractivity contribution is 6.20. The molecule has 0 spiro atoms. The van der Waals surface area contributed by atoms with E-state index in [0.717, 1.165) is 44.9 Å². The highest BCUT2D eigenvalue weighted by Gasteiger charge is 2.33. The third-order valence-electron chi connectivity index (χ3n) is 6.69. The first kappa shape index (κ1) is 24.7. The van der Waals surface area contributed by atoms with Crippen molar-refractivity contribution in [2.24, 2.45) is 16.8 Å². The number of guanidine groups is 1. The average molecular weight is 460 g/mol. The van der Waals surface area contributed by atoms with Crippen molar-refractivity contribution >= 4 is 23.5 Å². The number of hydrogen-bond donors (Lipinski definition) is 4. The van der Waals surface area contributed by atoms with Crippen LogP contribution in [-0.2, 0) is 9.53 Å². The lowest BCUT2D eigenvalue weighted by molar-refractivity contribution is -0.124. The minimum Gasteiger partial charge on any atom is -0.380 e. The second kappa shape index (κ2) is 12.3. The van der Waals surface area contributed by atoms with E-state index < -0.39 is 6.17 Å². The number of ether oxygens (including phenoxy) is 1. The molecule has 3 fully saturated rings. The average Bonchev–Trinajstić information content (AvgIpc) is 3.21. The number of carbonyl (C=O) groups excluding carboxylic acids is 1. The summed E-state index contributed by atoms with van der Waals surface area (Å²) in [5, 5.41) is 6.51. The minimum atomic E-state index is -0.647. The standard InChI is InChI=1S/C22H39ClFN5O2/c1-3-31-13-14(2)25-22(27-21(30)16-4-8-17(23)9-5-16)26-20-12-19(28-29-20)15-6-10-18(24)11-7-15/h14-20,28-29H,3-13H2,1-2H3,(H2,25,26,27,30)/t14-,15?,16?,17?,18?,19?,20?/m0/s1. The third-order valence-corrected chi connectivity index (χ3v) is 7.13. The Hall–Kier alpha value is -0.960. The van der Waals surface area contributed by atoms with Crippen LogP contribution in [0.5, 0.6) is 0 Å². The Kier molecular flexibility index (Phi) is 9.81. The molecule has 1 aliphatic heterocycles. The summed E-state index contributed by atoms with van der Waals surface area (Å²) in [6.45, 7) is 5.15. The number of aliphatic imine (C=N–C) groups is 1. The molecule has 31 heavy (non-hydrogen) atoms. The van der Waals surface area contributed by atoms with Gasteiger partial charge >= 0.3 is 0 Å². The number of carbonyl (C=O) groups is 1. The summed E-state index contributed by atoms with van der Waals surface area (Å²) in [6.07, 6.45) is 6.52. The van der Waals surface area contributed by atoms with Gasteiger partial charge in [-0.05, 0) is 71.1 Å². The molecule has 1 saturated heterocycles. The third kappa shape index (κ3) is 7.84. The lowest BCUT2D eigenvalue weighted by Gasteiger charge is -2.28. The molecule has 0 aromatic rings. The minimum absolute atomic E-state index is 0.00204. The molecule has 0 radical (unpaired) electrons. The molecule has 4 N–H and O–H groups in total. The maximum absolute atomic E-state index is 13.5. The molecule has 3 aliphatic rings. The number of nitrogens with zero attached hydrogens (tertiary/aromatic N) is 1. The predicted octanol–water partition coefficient (Wildman–Crippen LogP) is 2.99. The summed E-state index contributed by atoms with van der Waals surface area (Å²) < 4.78 is 19.0. The fraction of sp³-hybridized carbons (Fsp3) is 0.909. The molecule has 0 aromatic carbocycles. The Bertz CT molecular complexity index is 594. The monoisotopic (exact) mass is 459 g/mol.